The highest BCUT2D eigenvalue weighted by Crippen LogP contribution is 2.20. The largest absolute Gasteiger partial charge is 0.481 e. The number of nitrogens with one attached hydrogen (secondary N) is 11. The molecular formula is C53H82N18O22. The fourth-order valence-electron chi connectivity index (χ4n) is 9.42. The van der Waals surface area contributed by atoms with Gasteiger partial charge in [-0.15, -0.1) is 0 Å². The Labute approximate surface area is 529 Å². The number of H-pyrrole nitrogens is 1. The van der Waals surface area contributed by atoms with Crippen LogP contribution in [0.4, 0.5) is 0 Å². The van der Waals surface area contributed by atoms with Crippen LogP contribution in [0.1, 0.15) is 97.1 Å². The van der Waals surface area contributed by atoms with Crippen LogP contribution in [-0.2, 0) is 83.1 Å². The van der Waals surface area contributed by atoms with E-state index in [4.69, 9.17) is 17.2 Å². The quantitative estimate of drug-likeness (QED) is 0.0165. The van der Waals surface area contributed by atoms with Gasteiger partial charge >= 0.3 is 23.9 Å². The monoisotopic (exact) mass is 1320 g/mol. The summed E-state index contributed by atoms with van der Waals surface area (Å²) in [5.41, 5.74) is 16.8. The Morgan fingerprint density at radius 3 is 1.69 bits per heavy atom. The van der Waals surface area contributed by atoms with Crippen LogP contribution in [0, 0.1) is 0 Å². The molecule has 23 N–H and O–H groups in total. The van der Waals surface area contributed by atoms with Gasteiger partial charge in [0.1, 0.15) is 60.4 Å². The molecule has 0 bridgehead atoms. The molecule has 0 aromatic carbocycles. The van der Waals surface area contributed by atoms with Crippen molar-refractivity contribution in [1.82, 2.24) is 72.9 Å². The Balaban J connectivity index is 1.71. The Bertz CT molecular complexity index is 2910. The number of nitrogens with zero attached hydrogens (tertiary/aromatic N) is 4. The van der Waals surface area contributed by atoms with Gasteiger partial charge in [0.25, 0.3) is 0 Å². The van der Waals surface area contributed by atoms with Gasteiger partial charge in [-0.2, -0.15) is 0 Å². The maximum absolute atomic E-state index is 13.9. The predicted octanol–water partition coefficient (Wildman–Crippen LogP) is -9.87. The zero-order chi connectivity index (χ0) is 69.8. The molecule has 3 heterocycles. The summed E-state index contributed by atoms with van der Waals surface area (Å²) in [5, 5.41) is 80.9. The number of aromatic amines is 1. The highest BCUT2D eigenvalue weighted by atomic mass is 16.4. The van der Waals surface area contributed by atoms with E-state index in [0.717, 1.165) is 16.7 Å². The van der Waals surface area contributed by atoms with E-state index in [2.05, 4.69) is 62.8 Å². The summed E-state index contributed by atoms with van der Waals surface area (Å²) in [4.78, 5) is 220. The molecule has 2 saturated heterocycles. The van der Waals surface area contributed by atoms with Gasteiger partial charge < -0.3 is 116 Å². The number of hydrogen-bond donors (Lipinski definition) is 20. The molecule has 40 nitrogen and oxygen atoms in total. The molecule has 1 aromatic heterocycles. The van der Waals surface area contributed by atoms with Gasteiger partial charge in [-0.25, -0.2) is 9.78 Å². The molecule has 40 heteroatoms. The predicted molar refractivity (Wildman–Crippen MR) is 315 cm³/mol. The number of carbonyl (C=O) groups is 16. The van der Waals surface area contributed by atoms with Gasteiger partial charge in [0.15, 0.2) is 5.96 Å². The molecule has 2 aliphatic rings. The zero-order valence-corrected chi connectivity index (χ0v) is 51.0. The minimum Gasteiger partial charge on any atom is -0.481 e. The average molecular weight is 1320 g/mol. The van der Waals surface area contributed by atoms with Crippen LogP contribution in [-0.4, -0.2) is 263 Å². The molecule has 2 fully saturated rings. The molecule has 516 valence electrons. The highest BCUT2D eigenvalue weighted by Gasteiger charge is 2.40. The number of amides is 12. The molecule has 0 aliphatic carbocycles. The van der Waals surface area contributed by atoms with E-state index in [1.807, 2.05) is 5.32 Å². The molecule has 2 aliphatic heterocycles. The first-order chi connectivity index (χ1) is 43.7. The van der Waals surface area contributed by atoms with Gasteiger partial charge in [0.2, 0.25) is 70.9 Å². The number of aliphatic imine (C=N–C) groups is 1. The lowest BCUT2D eigenvalue weighted by Gasteiger charge is -2.28. The minimum atomic E-state index is -2.14. The smallest absolute Gasteiger partial charge is 0.326 e. The molecule has 0 radical (unpaired) electrons. The minimum absolute atomic E-state index is 0.00171. The number of aliphatic hydroxyl groups is 2. The average Bonchev–Trinajstić information content (AvgIpc) is 1.96. The lowest BCUT2D eigenvalue weighted by molar-refractivity contribution is -0.149. The van der Waals surface area contributed by atoms with Crippen molar-refractivity contribution in [3.05, 3.63) is 18.2 Å². The fraction of sp³-hybridized carbons (Fsp3) is 0.623. The van der Waals surface area contributed by atoms with Crippen molar-refractivity contribution in [2.45, 2.75) is 170 Å². The number of rotatable bonds is 39. The number of guanidine groups is 1. The third-order valence-electron chi connectivity index (χ3n) is 14.4. The Morgan fingerprint density at radius 2 is 1.13 bits per heavy atom. The standard InChI is InChI=1S/C53H82N18O22/c1-24(51(91)71-16-6-9-34(71)52(92)93)63-46(86)31(17-27-19-57-23-62-27)67-44(84)28(7-4-14-58-53(55)56)64-36(75)21-59-35(74)20-60-43(83)29(10-12-38(77)78)66-50(90)42(26(3)73)69-47(87)32(18-40(81)82)68-45(85)30(11-13-39(79)80)65-48(88)33-8-5-15-70(33)37(76)22-61-49(89)41(54)25(2)72/h19,23-26,28-34,41-42,72-73H,4-18,20-22,54H2,1-3H3,(H,57,62)(H,59,74)(H,60,83)(H,61,89)(H,63,86)(H,64,75)(H,65,88)(H,66,90)(H,67,84)(H,68,85)(H,69,87)(H,77,78)(H,79,80)(H,81,82)(H,92,93)(H4,55,56,58)/t24-,25+,26+,28-,29-,30-,31-,32-,33-,34-,41-,42-/m0/s1. The number of imidazole rings is 1. The number of carboxylic acid groups (broad SMARTS) is 4. The summed E-state index contributed by atoms with van der Waals surface area (Å²) in [6, 6.07) is -15.8. The van der Waals surface area contributed by atoms with E-state index < -0.39 is 219 Å². The first-order valence-electron chi connectivity index (χ1n) is 29.3. The summed E-state index contributed by atoms with van der Waals surface area (Å²) < 4.78 is 0. The maximum Gasteiger partial charge on any atom is 0.326 e. The molecular weight excluding hydrogens is 1240 g/mol. The van der Waals surface area contributed by atoms with Crippen LogP contribution in [0.15, 0.2) is 17.5 Å². The van der Waals surface area contributed by atoms with Crippen LogP contribution in [0.25, 0.3) is 0 Å². The number of hydrogen-bond acceptors (Lipinski definition) is 21. The van der Waals surface area contributed by atoms with Gasteiger partial charge in [-0.05, 0) is 72.1 Å². The first kappa shape index (κ1) is 77.1. The van der Waals surface area contributed by atoms with Crippen molar-refractivity contribution < 1.29 is 107 Å². The summed E-state index contributed by atoms with van der Waals surface area (Å²) in [6.07, 6.45) is -4.09. The Kier molecular flexibility index (Phi) is 31.4. The van der Waals surface area contributed by atoms with Gasteiger partial charge in [-0.3, -0.25) is 76.9 Å². The van der Waals surface area contributed by atoms with Gasteiger partial charge in [0, 0.05) is 50.8 Å². The van der Waals surface area contributed by atoms with Crippen LogP contribution in [0.2, 0.25) is 0 Å². The first-order valence-corrected chi connectivity index (χ1v) is 29.3. The summed E-state index contributed by atoms with van der Waals surface area (Å²) in [5.74, 6) is -18.8. The summed E-state index contributed by atoms with van der Waals surface area (Å²) >= 11 is 0. The van der Waals surface area contributed by atoms with E-state index in [9.17, 15) is 107 Å². The molecule has 0 unspecified atom stereocenters. The molecule has 12 amide bonds. The molecule has 93 heavy (non-hydrogen) atoms. The Morgan fingerprint density at radius 1 is 0.591 bits per heavy atom. The molecule has 0 saturated carbocycles. The maximum atomic E-state index is 13.9. The van der Waals surface area contributed by atoms with E-state index in [1.54, 1.807) is 0 Å². The Hall–Kier alpha value is -10.1. The van der Waals surface area contributed by atoms with Crippen molar-refractivity contribution in [2.75, 3.05) is 39.3 Å². The van der Waals surface area contributed by atoms with E-state index in [1.165, 1.54) is 26.4 Å². The highest BCUT2D eigenvalue weighted by molar-refractivity contribution is 6.00. The zero-order valence-electron chi connectivity index (χ0n) is 51.0. The molecule has 12 atom stereocenters. The van der Waals surface area contributed by atoms with Crippen molar-refractivity contribution >= 4 is 101 Å². The lowest BCUT2D eigenvalue weighted by atomic mass is 10.1. The van der Waals surface area contributed by atoms with Gasteiger partial charge in [0.05, 0.1) is 44.6 Å². The SMILES string of the molecule is C[C@H](NC(=O)[C@H](Cc1cnc[nH]1)NC(=O)[C@H](CCCN=C(N)N)NC(=O)CNC(=O)CNC(=O)[C@H](CCC(=O)O)NC(=O)[C@@H](NC(=O)[C@H](CC(=O)O)NC(=O)[C@H](CCC(=O)O)NC(=O)[C@@H]1CCCN1C(=O)CNC(=O)[C@@H](N)[C@@H](C)O)[C@@H](C)O)C(=O)N1CCC[C@H]1C(=O)O. The van der Waals surface area contributed by atoms with Crippen molar-refractivity contribution in [3.63, 3.8) is 0 Å². The number of carbonyl (C=O) groups excluding carboxylic acids is 12. The number of nitrogens with two attached hydrogens (primary N) is 3. The van der Waals surface area contributed by atoms with E-state index in [-0.39, 0.29) is 64.1 Å². The number of aromatic nitrogens is 2. The summed E-state index contributed by atoms with van der Waals surface area (Å²) in [7, 11) is 0. The lowest BCUT2D eigenvalue weighted by Crippen LogP contribution is -2.61. The normalized spacial score (nSPS) is 17.4. The second kappa shape index (κ2) is 37.9. The third-order valence-corrected chi connectivity index (χ3v) is 14.4. The van der Waals surface area contributed by atoms with Crippen LogP contribution in [0.5, 0.6) is 0 Å². The van der Waals surface area contributed by atoms with E-state index in [0.29, 0.717) is 12.1 Å². The van der Waals surface area contributed by atoms with E-state index >= 15 is 0 Å². The van der Waals surface area contributed by atoms with Crippen molar-refractivity contribution in [1.29, 1.82) is 0 Å². The second-order valence-corrected chi connectivity index (χ2v) is 21.8. The number of carboxylic acids is 4. The molecule has 0 spiro atoms. The second-order valence-electron chi connectivity index (χ2n) is 21.8. The van der Waals surface area contributed by atoms with Crippen molar-refractivity contribution in [3.8, 4) is 0 Å². The number of aliphatic hydroxyl groups excluding tert-OH is 2. The van der Waals surface area contributed by atoms with Crippen LogP contribution in [0.3, 0.4) is 0 Å². The summed E-state index contributed by atoms with van der Waals surface area (Å²) in [6.45, 7) is 1.17. The number of aliphatic carboxylic acids is 4. The van der Waals surface area contributed by atoms with Crippen LogP contribution < -0.4 is 70.4 Å². The topological polar surface area (TPSA) is 640 Å². The third kappa shape index (κ3) is 26.3. The number of likely N-dealkylation sites (tertiary alicyclic amines) is 2. The molecule has 1 aromatic rings. The molecule has 3 rings (SSSR count). The van der Waals surface area contributed by atoms with Gasteiger partial charge in [-0.1, -0.05) is 0 Å². The van der Waals surface area contributed by atoms with Crippen LogP contribution >= 0.6 is 0 Å². The van der Waals surface area contributed by atoms with Crippen molar-refractivity contribution in [2.24, 2.45) is 22.2 Å². The fourth-order valence-corrected chi connectivity index (χ4v) is 9.42.